The SMILES string of the molecule is CCCC(N)c1nc(-c2cc(C)cc(C)c2)cs1. The molecule has 18 heavy (non-hydrogen) atoms. The molecule has 96 valence electrons. The van der Waals surface area contributed by atoms with Crippen molar-refractivity contribution in [2.45, 2.75) is 39.7 Å². The van der Waals surface area contributed by atoms with E-state index in [0.29, 0.717) is 0 Å². The third kappa shape index (κ3) is 2.98. The summed E-state index contributed by atoms with van der Waals surface area (Å²) in [5, 5.41) is 3.16. The van der Waals surface area contributed by atoms with Crippen molar-refractivity contribution in [2.24, 2.45) is 5.73 Å². The van der Waals surface area contributed by atoms with Crippen LogP contribution in [0.2, 0.25) is 0 Å². The number of nitrogens with two attached hydrogens (primary N) is 1. The van der Waals surface area contributed by atoms with Crippen molar-refractivity contribution in [3.63, 3.8) is 0 Å². The van der Waals surface area contributed by atoms with Crippen LogP contribution in [0.4, 0.5) is 0 Å². The number of rotatable bonds is 4. The molecule has 0 radical (unpaired) electrons. The van der Waals surface area contributed by atoms with Gasteiger partial charge in [-0.1, -0.05) is 30.5 Å². The smallest absolute Gasteiger partial charge is 0.110 e. The van der Waals surface area contributed by atoms with Gasteiger partial charge in [0.1, 0.15) is 5.01 Å². The van der Waals surface area contributed by atoms with Gasteiger partial charge in [0.2, 0.25) is 0 Å². The zero-order valence-electron chi connectivity index (χ0n) is 11.2. The third-order valence-electron chi connectivity index (χ3n) is 2.96. The lowest BCUT2D eigenvalue weighted by molar-refractivity contribution is 0.635. The number of thiazole rings is 1. The lowest BCUT2D eigenvalue weighted by Crippen LogP contribution is -2.09. The molecule has 1 aromatic heterocycles. The first-order chi connectivity index (χ1) is 8.60. The van der Waals surface area contributed by atoms with Gasteiger partial charge < -0.3 is 5.73 Å². The minimum atomic E-state index is 0.0830. The minimum absolute atomic E-state index is 0.0830. The summed E-state index contributed by atoms with van der Waals surface area (Å²) in [6.45, 7) is 6.39. The van der Waals surface area contributed by atoms with E-state index in [9.17, 15) is 0 Å². The van der Waals surface area contributed by atoms with E-state index in [-0.39, 0.29) is 6.04 Å². The quantitative estimate of drug-likeness (QED) is 0.893. The summed E-state index contributed by atoms with van der Waals surface area (Å²) in [6, 6.07) is 6.62. The monoisotopic (exact) mass is 260 g/mol. The number of hydrogen-bond donors (Lipinski definition) is 1. The van der Waals surface area contributed by atoms with E-state index in [1.807, 2.05) is 0 Å². The van der Waals surface area contributed by atoms with Gasteiger partial charge in [-0.2, -0.15) is 0 Å². The van der Waals surface area contributed by atoms with E-state index in [4.69, 9.17) is 5.73 Å². The molecule has 0 spiro atoms. The molecule has 1 heterocycles. The fourth-order valence-electron chi connectivity index (χ4n) is 2.15. The number of aryl methyl sites for hydroxylation is 2. The van der Waals surface area contributed by atoms with Crippen molar-refractivity contribution < 1.29 is 0 Å². The van der Waals surface area contributed by atoms with E-state index >= 15 is 0 Å². The predicted octanol–water partition coefficient (Wildman–Crippen LogP) is 4.23. The predicted molar refractivity (Wildman–Crippen MR) is 78.9 cm³/mol. The maximum Gasteiger partial charge on any atom is 0.110 e. The van der Waals surface area contributed by atoms with Crippen LogP contribution in [0, 0.1) is 13.8 Å². The largest absolute Gasteiger partial charge is 0.322 e. The maximum atomic E-state index is 6.10. The average Bonchev–Trinajstić information content (AvgIpc) is 2.77. The highest BCUT2D eigenvalue weighted by Crippen LogP contribution is 2.27. The van der Waals surface area contributed by atoms with E-state index in [1.54, 1.807) is 11.3 Å². The molecule has 0 aliphatic heterocycles. The molecule has 0 aliphatic carbocycles. The summed E-state index contributed by atoms with van der Waals surface area (Å²) < 4.78 is 0. The van der Waals surface area contributed by atoms with Crippen LogP contribution in [0.15, 0.2) is 23.6 Å². The summed E-state index contributed by atoms with van der Waals surface area (Å²) in [6.07, 6.45) is 2.10. The van der Waals surface area contributed by atoms with Gasteiger partial charge in [-0.05, 0) is 32.4 Å². The molecule has 1 atom stereocenters. The Morgan fingerprint density at radius 1 is 1.22 bits per heavy atom. The van der Waals surface area contributed by atoms with Crippen LogP contribution in [-0.4, -0.2) is 4.98 Å². The summed E-state index contributed by atoms with van der Waals surface area (Å²) in [5.74, 6) is 0. The molecule has 2 rings (SSSR count). The minimum Gasteiger partial charge on any atom is -0.322 e. The van der Waals surface area contributed by atoms with Gasteiger partial charge in [-0.3, -0.25) is 0 Å². The molecule has 2 nitrogen and oxygen atoms in total. The van der Waals surface area contributed by atoms with E-state index in [0.717, 1.165) is 23.5 Å². The molecule has 1 aromatic carbocycles. The Kier molecular flexibility index (Phi) is 4.15. The van der Waals surface area contributed by atoms with Gasteiger partial charge in [0, 0.05) is 10.9 Å². The Labute approximate surface area is 113 Å². The Hall–Kier alpha value is -1.19. The lowest BCUT2D eigenvalue weighted by atomic mass is 10.1. The topological polar surface area (TPSA) is 38.9 Å². The molecule has 0 aliphatic rings. The second-order valence-corrected chi connectivity index (χ2v) is 5.73. The zero-order chi connectivity index (χ0) is 13.1. The zero-order valence-corrected chi connectivity index (χ0v) is 12.1. The first kappa shape index (κ1) is 13.2. The van der Waals surface area contributed by atoms with Crippen LogP contribution >= 0.6 is 11.3 Å². The van der Waals surface area contributed by atoms with Crippen LogP contribution in [0.1, 0.15) is 41.9 Å². The number of hydrogen-bond acceptors (Lipinski definition) is 3. The molecule has 0 fully saturated rings. The molecule has 0 saturated heterocycles. The van der Waals surface area contributed by atoms with Crippen molar-refractivity contribution in [3.8, 4) is 11.3 Å². The average molecular weight is 260 g/mol. The van der Waals surface area contributed by atoms with Gasteiger partial charge in [0.15, 0.2) is 0 Å². The Balaban J connectivity index is 2.29. The van der Waals surface area contributed by atoms with Crippen LogP contribution in [0.5, 0.6) is 0 Å². The number of benzene rings is 1. The molecular weight excluding hydrogens is 240 g/mol. The van der Waals surface area contributed by atoms with Gasteiger partial charge >= 0.3 is 0 Å². The summed E-state index contributed by atoms with van der Waals surface area (Å²) in [7, 11) is 0. The van der Waals surface area contributed by atoms with Crippen LogP contribution in [-0.2, 0) is 0 Å². The van der Waals surface area contributed by atoms with Crippen molar-refractivity contribution >= 4 is 11.3 Å². The highest BCUT2D eigenvalue weighted by molar-refractivity contribution is 7.10. The highest BCUT2D eigenvalue weighted by Gasteiger charge is 2.11. The first-order valence-electron chi connectivity index (χ1n) is 6.40. The third-order valence-corrected chi connectivity index (χ3v) is 3.93. The molecule has 0 saturated carbocycles. The van der Waals surface area contributed by atoms with Gasteiger partial charge in [-0.15, -0.1) is 11.3 Å². The van der Waals surface area contributed by atoms with Crippen molar-refractivity contribution in [1.82, 2.24) is 4.98 Å². The summed E-state index contributed by atoms with van der Waals surface area (Å²) in [4.78, 5) is 4.67. The van der Waals surface area contributed by atoms with E-state index in [2.05, 4.69) is 49.3 Å². The van der Waals surface area contributed by atoms with Crippen LogP contribution in [0.3, 0.4) is 0 Å². The summed E-state index contributed by atoms with van der Waals surface area (Å²) in [5.41, 5.74) is 10.9. The van der Waals surface area contributed by atoms with Crippen LogP contribution < -0.4 is 5.73 Å². The Morgan fingerprint density at radius 3 is 2.50 bits per heavy atom. The first-order valence-corrected chi connectivity index (χ1v) is 7.27. The second kappa shape index (κ2) is 5.63. The standard InChI is InChI=1S/C15H20N2S/c1-4-5-13(16)15-17-14(9-18-15)12-7-10(2)6-11(3)8-12/h6-9,13H,4-5,16H2,1-3H3. The summed E-state index contributed by atoms with van der Waals surface area (Å²) >= 11 is 1.67. The molecule has 0 bridgehead atoms. The molecule has 0 amide bonds. The van der Waals surface area contributed by atoms with Gasteiger partial charge in [0.25, 0.3) is 0 Å². The fourth-order valence-corrected chi connectivity index (χ4v) is 3.01. The maximum absolute atomic E-state index is 6.10. The van der Waals surface area contributed by atoms with E-state index in [1.165, 1.54) is 16.7 Å². The molecule has 2 aromatic rings. The molecular formula is C15H20N2S. The van der Waals surface area contributed by atoms with E-state index < -0.39 is 0 Å². The van der Waals surface area contributed by atoms with Crippen LogP contribution in [0.25, 0.3) is 11.3 Å². The van der Waals surface area contributed by atoms with Crippen molar-refractivity contribution in [3.05, 3.63) is 39.7 Å². The highest BCUT2D eigenvalue weighted by atomic mass is 32.1. The number of aromatic nitrogens is 1. The molecule has 1 unspecified atom stereocenters. The lowest BCUT2D eigenvalue weighted by Gasteiger charge is -2.05. The van der Waals surface area contributed by atoms with Gasteiger partial charge in [-0.25, -0.2) is 4.98 Å². The van der Waals surface area contributed by atoms with Gasteiger partial charge in [0.05, 0.1) is 11.7 Å². The van der Waals surface area contributed by atoms with Crippen molar-refractivity contribution in [2.75, 3.05) is 0 Å². The molecule has 2 N–H and O–H groups in total. The normalized spacial score (nSPS) is 12.7. The Morgan fingerprint density at radius 2 is 1.89 bits per heavy atom. The Bertz CT molecular complexity index is 511. The number of nitrogens with zero attached hydrogens (tertiary/aromatic N) is 1. The van der Waals surface area contributed by atoms with Crippen molar-refractivity contribution in [1.29, 1.82) is 0 Å². The fraction of sp³-hybridized carbons (Fsp3) is 0.400. The molecule has 3 heteroatoms. The second-order valence-electron chi connectivity index (χ2n) is 4.84.